The number of pyridine rings is 2. The van der Waals surface area contributed by atoms with Crippen molar-refractivity contribution in [3.63, 3.8) is 0 Å². The maximum absolute atomic E-state index is 12.4. The van der Waals surface area contributed by atoms with E-state index in [0.29, 0.717) is 11.3 Å². The molecule has 0 saturated carbocycles. The van der Waals surface area contributed by atoms with Crippen molar-refractivity contribution >= 4 is 17.2 Å². The lowest BCUT2D eigenvalue weighted by atomic mass is 10.1. The first kappa shape index (κ1) is 13.1. The normalized spacial score (nSPS) is 10.5. The van der Waals surface area contributed by atoms with Gasteiger partial charge in [0.2, 0.25) is 0 Å². The first-order chi connectivity index (χ1) is 10.2. The highest BCUT2D eigenvalue weighted by Gasteiger charge is 2.23. The lowest BCUT2D eigenvalue weighted by molar-refractivity contribution is -0.116. The van der Waals surface area contributed by atoms with Crippen molar-refractivity contribution in [1.29, 1.82) is 0 Å². The van der Waals surface area contributed by atoms with Crippen LogP contribution in [-0.4, -0.2) is 28.1 Å². The Labute approximate surface area is 121 Å². The molecule has 3 heterocycles. The van der Waals surface area contributed by atoms with Crippen molar-refractivity contribution in [3.05, 3.63) is 60.7 Å². The number of amides is 1. The first-order valence-electron chi connectivity index (χ1n) is 6.49. The molecule has 0 fully saturated rings. The highest BCUT2D eigenvalue weighted by molar-refractivity contribution is 6.43. The lowest BCUT2D eigenvalue weighted by Gasteiger charge is -2.05. The third-order valence-electron chi connectivity index (χ3n) is 3.30. The van der Waals surface area contributed by atoms with Gasteiger partial charge in [-0.25, -0.2) is 0 Å². The van der Waals surface area contributed by atoms with E-state index < -0.39 is 11.7 Å². The molecule has 104 valence electrons. The molecule has 5 heteroatoms. The molecule has 1 amide bonds. The van der Waals surface area contributed by atoms with Gasteiger partial charge in [-0.2, -0.15) is 0 Å². The van der Waals surface area contributed by atoms with Gasteiger partial charge >= 0.3 is 0 Å². The summed E-state index contributed by atoms with van der Waals surface area (Å²) in [5.74, 6) is -1.20. The summed E-state index contributed by atoms with van der Waals surface area (Å²) in [6, 6.07) is 11.1. The number of likely N-dealkylation sites (N-methyl/N-ethyl adjacent to an activating group) is 1. The molecule has 0 atom stereocenters. The predicted molar refractivity (Wildman–Crippen MR) is 79.0 cm³/mol. The maximum Gasteiger partial charge on any atom is 0.293 e. The van der Waals surface area contributed by atoms with E-state index in [4.69, 9.17) is 0 Å². The number of hydrogen-bond acceptors (Lipinski definition) is 3. The fourth-order valence-corrected chi connectivity index (χ4v) is 2.32. The highest BCUT2D eigenvalue weighted by atomic mass is 16.2. The van der Waals surface area contributed by atoms with Crippen molar-refractivity contribution in [2.24, 2.45) is 0 Å². The summed E-state index contributed by atoms with van der Waals surface area (Å²) in [5.41, 5.74) is 2.69. The molecule has 5 nitrogen and oxygen atoms in total. The molecule has 0 aliphatic rings. The van der Waals surface area contributed by atoms with E-state index in [9.17, 15) is 9.59 Å². The lowest BCUT2D eigenvalue weighted by Crippen LogP contribution is -2.28. The smallest absolute Gasteiger partial charge is 0.293 e. The minimum atomic E-state index is -0.635. The summed E-state index contributed by atoms with van der Waals surface area (Å²) >= 11 is 0. The molecule has 0 saturated heterocycles. The molecule has 0 aliphatic carbocycles. The number of carbonyl (C=O) groups is 2. The highest BCUT2D eigenvalue weighted by Crippen LogP contribution is 2.27. The second kappa shape index (κ2) is 5.20. The van der Waals surface area contributed by atoms with Gasteiger partial charge in [-0.05, 0) is 24.3 Å². The van der Waals surface area contributed by atoms with E-state index >= 15 is 0 Å². The van der Waals surface area contributed by atoms with Crippen LogP contribution in [0.2, 0.25) is 0 Å². The molecular weight excluding hydrogens is 266 g/mol. The van der Waals surface area contributed by atoms with Gasteiger partial charge in [-0.3, -0.25) is 14.6 Å². The molecule has 3 rings (SSSR count). The van der Waals surface area contributed by atoms with E-state index in [1.54, 1.807) is 29.1 Å². The number of rotatable bonds is 3. The number of nitrogens with one attached hydrogen (secondary N) is 1. The zero-order chi connectivity index (χ0) is 14.8. The molecule has 0 aromatic carbocycles. The summed E-state index contributed by atoms with van der Waals surface area (Å²) < 4.78 is 1.72. The average molecular weight is 279 g/mol. The molecule has 3 aromatic rings. The van der Waals surface area contributed by atoms with Crippen LogP contribution in [0.5, 0.6) is 0 Å². The number of fused-ring (bicyclic) bond motifs is 1. The van der Waals surface area contributed by atoms with Crippen molar-refractivity contribution in [3.8, 4) is 11.1 Å². The van der Waals surface area contributed by atoms with Gasteiger partial charge in [0.15, 0.2) is 0 Å². The van der Waals surface area contributed by atoms with E-state index in [-0.39, 0.29) is 0 Å². The van der Waals surface area contributed by atoms with Gasteiger partial charge < -0.3 is 9.72 Å². The Bertz CT molecular complexity index is 822. The summed E-state index contributed by atoms with van der Waals surface area (Å²) in [7, 11) is 1.44. The van der Waals surface area contributed by atoms with Crippen molar-refractivity contribution in [2.45, 2.75) is 0 Å². The Morgan fingerprint density at radius 1 is 1.19 bits per heavy atom. The van der Waals surface area contributed by atoms with E-state index in [1.165, 1.54) is 7.05 Å². The van der Waals surface area contributed by atoms with E-state index in [2.05, 4.69) is 10.3 Å². The van der Waals surface area contributed by atoms with Crippen molar-refractivity contribution in [1.82, 2.24) is 14.7 Å². The second-order valence-corrected chi connectivity index (χ2v) is 4.55. The number of carbonyl (C=O) groups excluding carboxylic acids is 2. The van der Waals surface area contributed by atoms with Crippen LogP contribution in [0.25, 0.3) is 16.6 Å². The van der Waals surface area contributed by atoms with Crippen LogP contribution in [0, 0.1) is 0 Å². The summed E-state index contributed by atoms with van der Waals surface area (Å²) in [6.45, 7) is 0. The first-order valence-corrected chi connectivity index (χ1v) is 6.49. The number of hydrogen-bond donors (Lipinski definition) is 1. The van der Waals surface area contributed by atoms with Crippen LogP contribution in [0.15, 0.2) is 55.0 Å². The summed E-state index contributed by atoms with van der Waals surface area (Å²) in [5, 5.41) is 2.38. The molecule has 1 N–H and O–H groups in total. The fourth-order valence-electron chi connectivity index (χ4n) is 2.32. The monoisotopic (exact) mass is 279 g/mol. The molecule has 0 radical (unpaired) electrons. The quantitative estimate of drug-likeness (QED) is 0.588. The largest absolute Gasteiger partial charge is 0.352 e. The van der Waals surface area contributed by atoms with Crippen molar-refractivity contribution < 1.29 is 9.59 Å². The minimum absolute atomic E-state index is 0.345. The van der Waals surface area contributed by atoms with Gasteiger partial charge in [0.25, 0.3) is 11.7 Å². The predicted octanol–water partition coefficient (Wildman–Crippen LogP) is 1.93. The van der Waals surface area contributed by atoms with Crippen molar-refractivity contribution in [2.75, 3.05) is 7.05 Å². The molecule has 0 unspecified atom stereocenters. The van der Waals surface area contributed by atoms with E-state index in [1.807, 2.05) is 30.3 Å². The van der Waals surface area contributed by atoms with Crippen LogP contribution in [0.1, 0.15) is 10.5 Å². The van der Waals surface area contributed by atoms with Crippen LogP contribution in [-0.2, 0) is 4.79 Å². The molecule has 0 spiro atoms. The van der Waals surface area contributed by atoms with Gasteiger partial charge in [-0.15, -0.1) is 0 Å². The van der Waals surface area contributed by atoms with Crippen LogP contribution >= 0.6 is 0 Å². The Morgan fingerprint density at radius 3 is 2.76 bits per heavy atom. The third kappa shape index (κ3) is 2.18. The Balaban J connectivity index is 2.29. The standard InChI is InChI=1S/C16H13N3O2/c1-17-16(21)15(20)14-13(11-5-4-7-18-10-11)9-12-6-2-3-8-19(12)14/h2-10H,1H3,(H,17,21). The van der Waals surface area contributed by atoms with Gasteiger partial charge in [0.05, 0.1) is 0 Å². The molecule has 3 aromatic heterocycles. The number of Topliss-reactive ketones (excluding diaryl/α,β-unsaturated/α-hetero) is 1. The Hall–Kier alpha value is -2.95. The molecule has 0 aliphatic heterocycles. The number of aromatic nitrogens is 2. The average Bonchev–Trinajstić information content (AvgIpc) is 2.93. The van der Waals surface area contributed by atoms with Gasteiger partial charge in [-0.1, -0.05) is 12.1 Å². The second-order valence-electron chi connectivity index (χ2n) is 4.55. The van der Waals surface area contributed by atoms with Gasteiger partial charge in [0, 0.05) is 42.3 Å². The van der Waals surface area contributed by atoms with Crippen LogP contribution in [0.3, 0.4) is 0 Å². The summed E-state index contributed by atoms with van der Waals surface area (Å²) in [4.78, 5) is 28.2. The summed E-state index contributed by atoms with van der Waals surface area (Å²) in [6.07, 6.45) is 5.11. The zero-order valence-electron chi connectivity index (χ0n) is 11.4. The van der Waals surface area contributed by atoms with Crippen LogP contribution < -0.4 is 5.32 Å². The zero-order valence-corrected chi connectivity index (χ0v) is 11.4. The number of ketones is 1. The molecule has 0 bridgehead atoms. The topological polar surface area (TPSA) is 63.5 Å². The van der Waals surface area contributed by atoms with Gasteiger partial charge in [0.1, 0.15) is 5.69 Å². The Morgan fingerprint density at radius 2 is 2.05 bits per heavy atom. The number of nitrogens with zero attached hydrogens (tertiary/aromatic N) is 2. The Kier molecular flexibility index (Phi) is 3.23. The minimum Gasteiger partial charge on any atom is -0.352 e. The van der Waals surface area contributed by atoms with Crippen LogP contribution in [0.4, 0.5) is 0 Å². The fraction of sp³-hybridized carbons (Fsp3) is 0.0625. The maximum atomic E-state index is 12.4. The SMILES string of the molecule is CNC(=O)C(=O)c1c(-c2cccnc2)cc2ccccn12. The van der Waals surface area contributed by atoms with E-state index in [0.717, 1.165) is 11.1 Å². The third-order valence-corrected chi connectivity index (χ3v) is 3.30. The molecule has 21 heavy (non-hydrogen) atoms. The molecular formula is C16H13N3O2.